The van der Waals surface area contributed by atoms with Gasteiger partial charge in [0.15, 0.2) is 0 Å². The third-order valence-electron chi connectivity index (χ3n) is 3.41. The smallest absolute Gasteiger partial charge is 0.0715 e. The van der Waals surface area contributed by atoms with Gasteiger partial charge in [0, 0.05) is 25.2 Å². The number of aliphatic hydroxyl groups is 1. The largest absolute Gasteiger partial charge is 0.389 e. The number of rotatable bonds is 3. The summed E-state index contributed by atoms with van der Waals surface area (Å²) in [6.45, 7) is 10.1. The second kappa shape index (κ2) is 4.81. The Kier molecular flexibility index (Phi) is 4.15. The van der Waals surface area contributed by atoms with E-state index in [1.807, 2.05) is 13.8 Å². The van der Waals surface area contributed by atoms with E-state index in [2.05, 4.69) is 31.1 Å². The minimum Gasteiger partial charge on any atom is -0.389 e. The molecule has 3 heteroatoms. The average Bonchev–Trinajstić information content (AvgIpc) is 2.07. The summed E-state index contributed by atoms with van der Waals surface area (Å²) in [5.74, 6) is 0.661. The van der Waals surface area contributed by atoms with Gasteiger partial charge >= 0.3 is 0 Å². The standard InChI is InChI=1S/C12H26N2O/c1-9-7-14(5)10(2)6-11(9)13-8-12(3,4)15/h9-11,13,15H,6-8H2,1-5H3/t9-,10-,11+/m1/s1. The summed E-state index contributed by atoms with van der Waals surface area (Å²) in [5, 5.41) is 13.2. The van der Waals surface area contributed by atoms with Crippen LogP contribution >= 0.6 is 0 Å². The minimum atomic E-state index is -0.605. The molecule has 0 bridgehead atoms. The molecule has 3 nitrogen and oxygen atoms in total. The monoisotopic (exact) mass is 214 g/mol. The maximum atomic E-state index is 9.68. The van der Waals surface area contributed by atoms with Crippen molar-refractivity contribution in [3.63, 3.8) is 0 Å². The van der Waals surface area contributed by atoms with Gasteiger partial charge < -0.3 is 15.3 Å². The molecule has 0 amide bonds. The molecular weight excluding hydrogens is 188 g/mol. The summed E-state index contributed by atoms with van der Waals surface area (Å²) >= 11 is 0. The van der Waals surface area contributed by atoms with E-state index in [4.69, 9.17) is 0 Å². The third-order valence-corrected chi connectivity index (χ3v) is 3.41. The number of piperidine rings is 1. The maximum absolute atomic E-state index is 9.68. The third kappa shape index (κ3) is 4.09. The number of hydrogen-bond acceptors (Lipinski definition) is 3. The molecule has 0 spiro atoms. The van der Waals surface area contributed by atoms with Crippen LogP contribution in [0.3, 0.4) is 0 Å². The molecule has 0 aromatic carbocycles. The van der Waals surface area contributed by atoms with Crippen LogP contribution < -0.4 is 5.32 Å². The zero-order valence-electron chi connectivity index (χ0n) is 10.7. The van der Waals surface area contributed by atoms with Crippen LogP contribution in [0.5, 0.6) is 0 Å². The van der Waals surface area contributed by atoms with Crippen LogP contribution in [-0.4, -0.2) is 47.8 Å². The van der Waals surface area contributed by atoms with E-state index >= 15 is 0 Å². The van der Waals surface area contributed by atoms with Gasteiger partial charge in [0.05, 0.1) is 5.60 Å². The molecule has 1 saturated heterocycles. The van der Waals surface area contributed by atoms with E-state index in [-0.39, 0.29) is 0 Å². The van der Waals surface area contributed by atoms with Crippen molar-refractivity contribution >= 4 is 0 Å². The summed E-state index contributed by atoms with van der Waals surface area (Å²) < 4.78 is 0. The first kappa shape index (κ1) is 12.9. The molecule has 15 heavy (non-hydrogen) atoms. The number of nitrogens with one attached hydrogen (secondary N) is 1. The molecule has 1 aliphatic heterocycles. The predicted molar refractivity (Wildman–Crippen MR) is 64.0 cm³/mol. The molecule has 90 valence electrons. The average molecular weight is 214 g/mol. The fraction of sp³-hybridized carbons (Fsp3) is 1.00. The van der Waals surface area contributed by atoms with E-state index in [9.17, 15) is 5.11 Å². The van der Waals surface area contributed by atoms with Gasteiger partial charge in [0.2, 0.25) is 0 Å². The number of likely N-dealkylation sites (tertiary alicyclic amines) is 1. The van der Waals surface area contributed by atoms with E-state index in [1.165, 1.54) is 6.42 Å². The highest BCUT2D eigenvalue weighted by Gasteiger charge is 2.29. The van der Waals surface area contributed by atoms with Crippen LogP contribution in [-0.2, 0) is 0 Å². The molecule has 0 radical (unpaired) electrons. The van der Waals surface area contributed by atoms with Gasteiger partial charge in [-0.2, -0.15) is 0 Å². The Balaban J connectivity index is 2.41. The molecule has 1 heterocycles. The normalized spacial score (nSPS) is 34.4. The van der Waals surface area contributed by atoms with Gasteiger partial charge in [-0.25, -0.2) is 0 Å². The first-order valence-electron chi connectivity index (χ1n) is 5.95. The molecule has 1 fully saturated rings. The number of hydrogen-bond donors (Lipinski definition) is 2. The second-order valence-electron chi connectivity index (χ2n) is 5.80. The molecule has 0 aromatic heterocycles. The van der Waals surface area contributed by atoms with Gasteiger partial charge in [-0.05, 0) is 40.2 Å². The Labute approximate surface area is 93.9 Å². The lowest BCUT2D eigenvalue weighted by molar-refractivity contribution is 0.0602. The molecule has 2 N–H and O–H groups in total. The van der Waals surface area contributed by atoms with E-state index in [0.29, 0.717) is 24.5 Å². The summed E-state index contributed by atoms with van der Waals surface area (Å²) in [5.41, 5.74) is -0.605. The minimum absolute atomic E-state index is 0.544. The lowest BCUT2D eigenvalue weighted by Crippen LogP contribution is -2.53. The van der Waals surface area contributed by atoms with E-state index in [0.717, 1.165) is 6.54 Å². The van der Waals surface area contributed by atoms with Crippen molar-refractivity contribution in [2.24, 2.45) is 5.92 Å². The van der Waals surface area contributed by atoms with Crippen molar-refractivity contribution in [2.45, 2.75) is 51.8 Å². The molecule has 1 rings (SSSR count). The van der Waals surface area contributed by atoms with Crippen molar-refractivity contribution < 1.29 is 5.11 Å². The Hall–Kier alpha value is -0.120. The van der Waals surface area contributed by atoms with Crippen LogP contribution in [0.1, 0.15) is 34.1 Å². The van der Waals surface area contributed by atoms with Crippen LogP contribution in [0.4, 0.5) is 0 Å². The Bertz CT molecular complexity index is 200. The van der Waals surface area contributed by atoms with Crippen molar-refractivity contribution in [3.05, 3.63) is 0 Å². The molecule has 0 aromatic rings. The molecular formula is C12H26N2O. The zero-order chi connectivity index (χ0) is 11.6. The maximum Gasteiger partial charge on any atom is 0.0715 e. The van der Waals surface area contributed by atoms with E-state index in [1.54, 1.807) is 0 Å². The Morgan fingerprint density at radius 3 is 2.53 bits per heavy atom. The van der Waals surface area contributed by atoms with Crippen molar-refractivity contribution in [1.29, 1.82) is 0 Å². The predicted octanol–water partition coefficient (Wildman–Crippen LogP) is 1.08. The highest BCUT2D eigenvalue weighted by atomic mass is 16.3. The van der Waals surface area contributed by atoms with Gasteiger partial charge in [0.25, 0.3) is 0 Å². The summed E-state index contributed by atoms with van der Waals surface area (Å²) in [4.78, 5) is 2.41. The number of nitrogens with zero attached hydrogens (tertiary/aromatic N) is 1. The SMILES string of the molecule is C[C@@H]1CN(C)[C@H](C)C[C@@H]1NCC(C)(C)O. The molecule has 3 atom stereocenters. The molecule has 0 unspecified atom stereocenters. The van der Waals surface area contributed by atoms with Crippen molar-refractivity contribution in [3.8, 4) is 0 Å². The first-order valence-corrected chi connectivity index (χ1v) is 5.95. The quantitative estimate of drug-likeness (QED) is 0.738. The van der Waals surface area contributed by atoms with Crippen molar-refractivity contribution in [1.82, 2.24) is 10.2 Å². The summed E-state index contributed by atoms with van der Waals surface area (Å²) in [7, 11) is 2.19. The topological polar surface area (TPSA) is 35.5 Å². The van der Waals surface area contributed by atoms with Crippen LogP contribution in [0.25, 0.3) is 0 Å². The molecule has 0 saturated carbocycles. The van der Waals surface area contributed by atoms with Gasteiger partial charge in [-0.3, -0.25) is 0 Å². The van der Waals surface area contributed by atoms with Gasteiger partial charge in [-0.15, -0.1) is 0 Å². The summed E-state index contributed by atoms with van der Waals surface area (Å²) in [6, 6.07) is 1.18. The molecule has 1 aliphatic rings. The van der Waals surface area contributed by atoms with E-state index < -0.39 is 5.60 Å². The highest BCUT2D eigenvalue weighted by Crippen LogP contribution is 2.20. The van der Waals surface area contributed by atoms with Crippen LogP contribution in [0.15, 0.2) is 0 Å². The molecule has 0 aliphatic carbocycles. The second-order valence-corrected chi connectivity index (χ2v) is 5.80. The Morgan fingerprint density at radius 2 is 2.00 bits per heavy atom. The summed E-state index contributed by atoms with van der Waals surface area (Å²) in [6.07, 6.45) is 1.17. The fourth-order valence-electron chi connectivity index (χ4n) is 2.21. The lowest BCUT2D eigenvalue weighted by atomic mass is 9.89. The van der Waals surface area contributed by atoms with Gasteiger partial charge in [-0.1, -0.05) is 6.92 Å². The van der Waals surface area contributed by atoms with Crippen LogP contribution in [0, 0.1) is 5.92 Å². The lowest BCUT2D eigenvalue weighted by Gasteiger charge is -2.40. The fourth-order valence-corrected chi connectivity index (χ4v) is 2.21. The Morgan fingerprint density at radius 1 is 1.40 bits per heavy atom. The first-order chi connectivity index (χ1) is 6.79. The van der Waals surface area contributed by atoms with Crippen molar-refractivity contribution in [2.75, 3.05) is 20.1 Å². The van der Waals surface area contributed by atoms with Crippen LogP contribution in [0.2, 0.25) is 0 Å². The zero-order valence-corrected chi connectivity index (χ0v) is 10.7. The highest BCUT2D eigenvalue weighted by molar-refractivity contribution is 4.87. The van der Waals surface area contributed by atoms with Gasteiger partial charge in [0.1, 0.15) is 0 Å².